The Bertz CT molecular complexity index is 1720. The summed E-state index contributed by atoms with van der Waals surface area (Å²) in [4.78, 5) is 2.63. The number of hydrogen-bond donors (Lipinski definition) is 0. The molecule has 0 aliphatic rings. The van der Waals surface area contributed by atoms with Gasteiger partial charge in [-0.1, -0.05) is 53.4 Å². The van der Waals surface area contributed by atoms with E-state index >= 15 is 0 Å². The number of benzene rings is 3. The molecular formula is C40H50O2S2Si2. The van der Waals surface area contributed by atoms with E-state index in [0.29, 0.717) is 6.61 Å². The van der Waals surface area contributed by atoms with Crippen molar-refractivity contribution in [2.75, 3.05) is 20.3 Å². The molecular weight excluding hydrogens is 633 g/mol. The van der Waals surface area contributed by atoms with Crippen LogP contribution in [0.2, 0.25) is 36.3 Å². The maximum absolute atomic E-state index is 5.82. The van der Waals surface area contributed by atoms with Crippen molar-refractivity contribution >= 4 is 80.5 Å². The summed E-state index contributed by atoms with van der Waals surface area (Å²) in [7, 11) is -1.58. The number of hydrogen-bond acceptors (Lipinski definition) is 4. The van der Waals surface area contributed by atoms with Gasteiger partial charge in [-0.2, -0.15) is 0 Å². The molecule has 0 unspecified atom stereocenters. The first-order chi connectivity index (χ1) is 22.3. The monoisotopic (exact) mass is 682 g/mol. The minimum Gasteiger partial charge on any atom is -0.384 e. The third-order valence-electron chi connectivity index (χ3n) is 10.5. The van der Waals surface area contributed by atoms with Gasteiger partial charge in [0.1, 0.15) is 16.1 Å². The predicted octanol–water partition coefficient (Wildman–Crippen LogP) is 11.9. The van der Waals surface area contributed by atoms with Crippen molar-refractivity contribution in [1.82, 2.24) is 0 Å². The van der Waals surface area contributed by atoms with Gasteiger partial charge in [0.15, 0.2) is 0 Å². The Balaban J connectivity index is 1.93. The first kappa shape index (κ1) is 34.9. The van der Waals surface area contributed by atoms with Crippen LogP contribution in [-0.4, -0.2) is 36.5 Å². The van der Waals surface area contributed by atoms with Gasteiger partial charge in [-0.15, -0.1) is 33.8 Å². The molecule has 242 valence electrons. The van der Waals surface area contributed by atoms with E-state index in [9.17, 15) is 0 Å². The van der Waals surface area contributed by atoms with E-state index in [4.69, 9.17) is 9.47 Å². The first-order valence-electron chi connectivity index (χ1n) is 17.3. The maximum atomic E-state index is 5.82. The van der Waals surface area contributed by atoms with E-state index in [2.05, 4.69) is 108 Å². The highest BCUT2D eigenvalue weighted by Crippen LogP contribution is 2.41. The summed E-state index contributed by atoms with van der Waals surface area (Å²) < 4.78 is 13.9. The van der Waals surface area contributed by atoms with Gasteiger partial charge in [-0.05, 0) is 101 Å². The zero-order chi connectivity index (χ0) is 32.9. The highest BCUT2D eigenvalue weighted by atomic mass is 32.1. The molecule has 6 heteroatoms. The van der Waals surface area contributed by atoms with Crippen LogP contribution in [0.1, 0.15) is 69.3 Å². The molecule has 0 radical (unpaired) electrons. The molecule has 3 aromatic carbocycles. The van der Waals surface area contributed by atoms with E-state index < -0.39 is 16.1 Å². The zero-order valence-corrected chi connectivity index (χ0v) is 32.8. The first-order valence-corrected chi connectivity index (χ1v) is 24.2. The standard InChI is InChI=1S/C40H50O2S2Si2/c1-9-42-28-32-23-30-25-36-34(18-21-46(13-5,14-6)15-7)37-26-39-29(22-31(43-39)16-19-41-8)24-35(37)33(38(36)27-40(30)44-32)17-20-45(10-2,11-3)12-4/h22-27H,9-16,19,28H2,1-8H3. The lowest BCUT2D eigenvalue weighted by molar-refractivity contribution is 0.136. The minimum atomic E-state index is -1.68. The SMILES string of the molecule is CCOCc1cc2cc3c(C#C[Si](CC)(CC)CC)c4cc5sc(CCOC)cc5cc4c(C#C[Si](CC)(CC)CC)c3cc2s1. The average molecular weight is 683 g/mol. The van der Waals surface area contributed by atoms with Gasteiger partial charge in [0.05, 0.1) is 13.2 Å². The zero-order valence-electron chi connectivity index (χ0n) is 29.2. The second-order valence-corrected chi connectivity index (χ2v) is 24.8. The van der Waals surface area contributed by atoms with Gasteiger partial charge in [-0.3, -0.25) is 0 Å². The van der Waals surface area contributed by atoms with Crippen LogP contribution >= 0.6 is 22.7 Å². The predicted molar refractivity (Wildman–Crippen MR) is 211 cm³/mol. The fraction of sp³-hybridized carbons (Fsp3) is 0.450. The number of fused-ring (bicyclic) bond motifs is 4. The third-order valence-corrected chi connectivity index (χ3v) is 22.1. The number of rotatable bonds is 12. The lowest BCUT2D eigenvalue weighted by atomic mass is 9.91. The summed E-state index contributed by atoms with van der Waals surface area (Å²) in [6.45, 7) is 18.3. The van der Waals surface area contributed by atoms with Crippen molar-refractivity contribution in [3.05, 3.63) is 57.3 Å². The van der Waals surface area contributed by atoms with Crippen molar-refractivity contribution in [3.63, 3.8) is 0 Å². The molecule has 0 amide bonds. The molecule has 0 saturated heterocycles. The maximum Gasteiger partial charge on any atom is 0.138 e. The minimum absolute atomic E-state index is 0.657. The molecule has 5 aromatic rings. The van der Waals surface area contributed by atoms with Crippen molar-refractivity contribution in [2.24, 2.45) is 0 Å². The van der Waals surface area contributed by atoms with Crippen LogP contribution in [-0.2, 0) is 22.5 Å². The van der Waals surface area contributed by atoms with Gasteiger partial charge in [0.2, 0.25) is 0 Å². The second-order valence-electron chi connectivity index (χ2n) is 12.6. The number of methoxy groups -OCH3 is 1. The van der Waals surface area contributed by atoms with Crippen LogP contribution in [0.3, 0.4) is 0 Å². The fourth-order valence-electron chi connectivity index (χ4n) is 6.69. The summed E-state index contributed by atoms with van der Waals surface area (Å²) in [5.74, 6) is 7.81. The van der Waals surface area contributed by atoms with Gasteiger partial charge in [0.25, 0.3) is 0 Å². The Morgan fingerprint density at radius 1 is 0.587 bits per heavy atom. The topological polar surface area (TPSA) is 18.5 Å². The summed E-state index contributed by atoms with van der Waals surface area (Å²) >= 11 is 3.74. The third kappa shape index (κ3) is 6.90. The lowest BCUT2D eigenvalue weighted by Crippen LogP contribution is -2.29. The average Bonchev–Trinajstić information content (AvgIpc) is 3.69. The van der Waals surface area contributed by atoms with Crippen LogP contribution in [0.4, 0.5) is 0 Å². The normalized spacial score (nSPS) is 12.2. The molecule has 2 aromatic heterocycles. The molecule has 0 saturated carbocycles. The fourth-order valence-corrected chi connectivity index (χ4v) is 13.6. The van der Waals surface area contributed by atoms with Crippen LogP contribution < -0.4 is 0 Å². The Hall–Kier alpha value is -2.43. The van der Waals surface area contributed by atoms with Gasteiger partial charge in [-0.25, -0.2) is 0 Å². The Labute approximate surface area is 286 Å². The molecule has 0 atom stereocenters. The molecule has 0 N–H and O–H groups in total. The highest BCUT2D eigenvalue weighted by molar-refractivity contribution is 7.19. The molecule has 46 heavy (non-hydrogen) atoms. The molecule has 2 heterocycles. The second kappa shape index (κ2) is 15.2. The van der Waals surface area contributed by atoms with Crippen molar-refractivity contribution in [2.45, 2.75) is 97.8 Å². The Morgan fingerprint density at radius 2 is 1.02 bits per heavy atom. The summed E-state index contributed by atoms with van der Waals surface area (Å²) in [5, 5.41) is 7.57. The molecule has 0 aliphatic heterocycles. The Morgan fingerprint density at radius 3 is 1.46 bits per heavy atom. The van der Waals surface area contributed by atoms with Crippen molar-refractivity contribution < 1.29 is 9.47 Å². The molecule has 0 spiro atoms. The molecule has 5 rings (SSSR count). The summed E-state index contributed by atoms with van der Waals surface area (Å²) in [5.41, 5.74) is 10.3. The smallest absolute Gasteiger partial charge is 0.138 e. The lowest BCUT2D eigenvalue weighted by Gasteiger charge is -2.21. The van der Waals surface area contributed by atoms with Crippen LogP contribution in [0, 0.1) is 22.9 Å². The molecule has 0 aliphatic carbocycles. The van der Waals surface area contributed by atoms with Gasteiger partial charge < -0.3 is 9.47 Å². The quantitative estimate of drug-likeness (QED) is 0.0741. The van der Waals surface area contributed by atoms with Crippen molar-refractivity contribution in [3.8, 4) is 22.9 Å². The van der Waals surface area contributed by atoms with Crippen molar-refractivity contribution in [1.29, 1.82) is 0 Å². The number of thiophene rings is 2. The van der Waals surface area contributed by atoms with Crippen LogP contribution in [0.5, 0.6) is 0 Å². The Kier molecular flexibility index (Phi) is 11.5. The molecule has 2 nitrogen and oxygen atoms in total. The number of ether oxygens (including phenoxy) is 2. The van der Waals surface area contributed by atoms with Crippen LogP contribution in [0.15, 0.2) is 36.4 Å². The summed E-state index contributed by atoms with van der Waals surface area (Å²) in [6, 6.07) is 21.5. The van der Waals surface area contributed by atoms with E-state index in [1.165, 1.54) is 98.9 Å². The highest BCUT2D eigenvalue weighted by Gasteiger charge is 2.26. The van der Waals surface area contributed by atoms with E-state index in [1.54, 1.807) is 7.11 Å². The van der Waals surface area contributed by atoms with E-state index in [0.717, 1.165) is 19.6 Å². The van der Waals surface area contributed by atoms with Gasteiger partial charge in [0, 0.05) is 61.2 Å². The van der Waals surface area contributed by atoms with Gasteiger partial charge >= 0.3 is 0 Å². The molecule has 0 fully saturated rings. The molecule has 0 bridgehead atoms. The van der Waals surface area contributed by atoms with E-state index in [1.807, 2.05) is 22.7 Å². The van der Waals surface area contributed by atoms with E-state index in [-0.39, 0.29) is 0 Å². The largest absolute Gasteiger partial charge is 0.384 e. The van der Waals surface area contributed by atoms with Crippen LogP contribution in [0.25, 0.3) is 41.7 Å². The summed E-state index contributed by atoms with van der Waals surface area (Å²) in [6.07, 6.45) is 0.934.